The van der Waals surface area contributed by atoms with Crippen LogP contribution in [0, 0.1) is 0 Å². The normalized spacial score (nSPS) is 13.8. The van der Waals surface area contributed by atoms with E-state index in [4.69, 9.17) is 0 Å². The Morgan fingerprint density at radius 2 is 1.38 bits per heavy atom. The number of para-hydroxylation sites is 2. The van der Waals surface area contributed by atoms with Crippen LogP contribution in [-0.2, 0) is 0 Å². The third-order valence-corrected chi connectivity index (χ3v) is 3.12. The lowest BCUT2D eigenvalue weighted by atomic mass is 10.1. The zero-order valence-corrected chi connectivity index (χ0v) is 10.6. The van der Waals surface area contributed by atoms with E-state index >= 15 is 0 Å². The quantitative estimate of drug-likeness (QED) is 0.816. The summed E-state index contributed by atoms with van der Waals surface area (Å²) in [7, 11) is 0. The highest BCUT2D eigenvalue weighted by Crippen LogP contribution is 2.35. The Kier molecular flexibility index (Phi) is 3.13. The minimum Gasteiger partial charge on any atom is -0.433 e. The number of fused-ring (bicyclic) bond motifs is 1. The molecule has 1 aliphatic heterocycles. The highest BCUT2D eigenvalue weighted by atomic mass is 19.3. The molecular formula is C15H9F2NO3. The molecule has 0 atom stereocenters. The minimum absolute atomic E-state index is 0.00370. The topological polar surface area (TPSA) is 46.6 Å². The number of nitrogens with zero attached hydrogens (tertiary/aromatic N) is 1. The van der Waals surface area contributed by atoms with Crippen LogP contribution >= 0.6 is 0 Å². The van der Waals surface area contributed by atoms with Crippen LogP contribution in [0.25, 0.3) is 0 Å². The average Bonchev–Trinajstić information content (AvgIpc) is 2.72. The van der Waals surface area contributed by atoms with E-state index in [9.17, 15) is 18.4 Å². The van der Waals surface area contributed by atoms with E-state index in [2.05, 4.69) is 4.74 Å². The van der Waals surface area contributed by atoms with Crippen LogP contribution in [0.5, 0.6) is 5.75 Å². The molecule has 1 aliphatic rings. The van der Waals surface area contributed by atoms with Gasteiger partial charge in [-0.3, -0.25) is 9.59 Å². The summed E-state index contributed by atoms with van der Waals surface area (Å²) in [5.41, 5.74) is 0.493. The van der Waals surface area contributed by atoms with E-state index in [1.807, 2.05) is 0 Å². The van der Waals surface area contributed by atoms with E-state index < -0.39 is 18.4 Å². The van der Waals surface area contributed by atoms with Gasteiger partial charge in [-0.05, 0) is 24.3 Å². The van der Waals surface area contributed by atoms with Crippen LogP contribution in [0.1, 0.15) is 20.7 Å². The van der Waals surface area contributed by atoms with Crippen molar-refractivity contribution in [2.75, 3.05) is 4.90 Å². The predicted molar refractivity (Wildman–Crippen MR) is 70.7 cm³/mol. The standard InChI is InChI=1S/C15H9F2NO3/c16-15(17)21-12-8-4-3-7-11(12)18-13(19)9-5-1-2-6-10(9)14(18)20/h1-8,15H. The molecule has 0 N–H and O–H groups in total. The molecule has 0 radical (unpaired) electrons. The summed E-state index contributed by atoms with van der Waals surface area (Å²) in [6.45, 7) is -3.04. The van der Waals surface area contributed by atoms with Gasteiger partial charge in [0, 0.05) is 0 Å². The van der Waals surface area contributed by atoms with Gasteiger partial charge >= 0.3 is 6.61 Å². The van der Waals surface area contributed by atoms with E-state index in [0.29, 0.717) is 0 Å². The summed E-state index contributed by atoms with van der Waals surface area (Å²) >= 11 is 0. The number of carbonyl (C=O) groups is 2. The number of hydrogen-bond acceptors (Lipinski definition) is 3. The third-order valence-electron chi connectivity index (χ3n) is 3.12. The molecule has 0 aliphatic carbocycles. The monoisotopic (exact) mass is 289 g/mol. The molecule has 4 nitrogen and oxygen atoms in total. The third kappa shape index (κ3) is 2.14. The molecule has 0 spiro atoms. The number of hydrogen-bond donors (Lipinski definition) is 0. The van der Waals surface area contributed by atoms with Crippen LogP contribution in [0.4, 0.5) is 14.5 Å². The first-order chi connectivity index (χ1) is 10.1. The second-order valence-corrected chi connectivity index (χ2v) is 4.34. The summed E-state index contributed by atoms with van der Waals surface area (Å²) in [5, 5.41) is 0. The number of halogens is 2. The summed E-state index contributed by atoms with van der Waals surface area (Å²) in [6.07, 6.45) is 0. The maximum Gasteiger partial charge on any atom is 0.387 e. The van der Waals surface area contributed by atoms with Gasteiger partial charge in [0.05, 0.1) is 16.8 Å². The molecule has 2 aromatic rings. The van der Waals surface area contributed by atoms with Crippen molar-refractivity contribution in [1.29, 1.82) is 0 Å². The fourth-order valence-corrected chi connectivity index (χ4v) is 2.25. The molecule has 6 heteroatoms. The number of anilines is 1. The van der Waals surface area contributed by atoms with Crippen molar-refractivity contribution in [1.82, 2.24) is 0 Å². The van der Waals surface area contributed by atoms with Crippen molar-refractivity contribution in [2.45, 2.75) is 6.61 Å². The molecule has 0 saturated carbocycles. The van der Waals surface area contributed by atoms with E-state index in [0.717, 1.165) is 4.90 Å². The summed E-state index contributed by atoms with van der Waals surface area (Å²) in [4.78, 5) is 25.5. The first kappa shape index (κ1) is 13.2. The molecule has 0 unspecified atom stereocenters. The van der Waals surface area contributed by atoms with Crippen molar-refractivity contribution in [3.05, 3.63) is 59.7 Å². The second-order valence-electron chi connectivity index (χ2n) is 4.34. The summed E-state index contributed by atoms with van der Waals surface area (Å²) in [6, 6.07) is 12.0. The van der Waals surface area contributed by atoms with Crippen LogP contribution in [0.3, 0.4) is 0 Å². The van der Waals surface area contributed by atoms with Gasteiger partial charge in [-0.2, -0.15) is 8.78 Å². The Labute approximate surface area is 118 Å². The van der Waals surface area contributed by atoms with Crippen LogP contribution in [0.2, 0.25) is 0 Å². The molecule has 0 aromatic heterocycles. The van der Waals surface area contributed by atoms with Gasteiger partial charge in [-0.15, -0.1) is 0 Å². The van der Waals surface area contributed by atoms with Crippen LogP contribution in [-0.4, -0.2) is 18.4 Å². The Balaban J connectivity index is 2.07. The molecule has 1 heterocycles. The zero-order valence-electron chi connectivity index (χ0n) is 10.6. The van der Waals surface area contributed by atoms with Gasteiger partial charge in [0.1, 0.15) is 5.75 Å². The van der Waals surface area contributed by atoms with Gasteiger partial charge in [-0.25, -0.2) is 4.90 Å². The van der Waals surface area contributed by atoms with Gasteiger partial charge in [-0.1, -0.05) is 24.3 Å². The Morgan fingerprint density at radius 1 is 0.857 bits per heavy atom. The predicted octanol–water partition coefficient (Wildman–Crippen LogP) is 3.09. The Morgan fingerprint density at radius 3 is 1.95 bits per heavy atom. The van der Waals surface area contributed by atoms with Crippen molar-refractivity contribution in [3.63, 3.8) is 0 Å². The maximum atomic E-state index is 12.4. The van der Waals surface area contributed by atoms with Gasteiger partial charge in [0.25, 0.3) is 11.8 Å². The smallest absolute Gasteiger partial charge is 0.387 e. The molecule has 2 aromatic carbocycles. The highest BCUT2D eigenvalue weighted by Gasteiger charge is 2.37. The minimum atomic E-state index is -3.04. The fourth-order valence-electron chi connectivity index (χ4n) is 2.25. The first-order valence-corrected chi connectivity index (χ1v) is 6.11. The van der Waals surface area contributed by atoms with Crippen LogP contribution in [0.15, 0.2) is 48.5 Å². The van der Waals surface area contributed by atoms with Crippen LogP contribution < -0.4 is 9.64 Å². The lowest BCUT2D eigenvalue weighted by Crippen LogP contribution is -2.30. The number of benzene rings is 2. The van der Waals surface area contributed by atoms with E-state index in [1.165, 1.54) is 36.4 Å². The van der Waals surface area contributed by atoms with Crippen molar-refractivity contribution in [3.8, 4) is 5.75 Å². The summed E-state index contributed by atoms with van der Waals surface area (Å²) in [5.74, 6) is -1.33. The molecule has 0 bridgehead atoms. The first-order valence-electron chi connectivity index (χ1n) is 6.11. The molecule has 2 amide bonds. The lowest BCUT2D eigenvalue weighted by molar-refractivity contribution is -0.0495. The van der Waals surface area contributed by atoms with Gasteiger partial charge in [0.15, 0.2) is 0 Å². The molecular weight excluding hydrogens is 280 g/mol. The number of amides is 2. The maximum absolute atomic E-state index is 12.4. The number of ether oxygens (including phenoxy) is 1. The highest BCUT2D eigenvalue weighted by molar-refractivity contribution is 6.34. The molecule has 0 fully saturated rings. The van der Waals surface area contributed by atoms with Crippen molar-refractivity contribution >= 4 is 17.5 Å². The zero-order chi connectivity index (χ0) is 15.0. The largest absolute Gasteiger partial charge is 0.433 e. The number of imide groups is 1. The summed E-state index contributed by atoms with van der Waals surface area (Å²) < 4.78 is 29.2. The number of rotatable bonds is 3. The lowest BCUT2D eigenvalue weighted by Gasteiger charge is -2.17. The molecule has 106 valence electrons. The fraction of sp³-hybridized carbons (Fsp3) is 0.0667. The van der Waals surface area contributed by atoms with E-state index in [-0.39, 0.29) is 22.6 Å². The Hall–Kier alpha value is -2.76. The van der Waals surface area contributed by atoms with Gasteiger partial charge < -0.3 is 4.74 Å². The number of alkyl halides is 2. The average molecular weight is 289 g/mol. The molecule has 21 heavy (non-hydrogen) atoms. The SMILES string of the molecule is O=C1c2ccccc2C(=O)N1c1ccccc1OC(F)F. The van der Waals surface area contributed by atoms with Crippen molar-refractivity contribution < 1.29 is 23.1 Å². The molecule has 3 rings (SSSR count). The Bertz CT molecular complexity index is 695. The molecule has 0 saturated heterocycles. The number of carbonyl (C=O) groups excluding carboxylic acids is 2. The van der Waals surface area contributed by atoms with Crippen molar-refractivity contribution in [2.24, 2.45) is 0 Å². The second kappa shape index (κ2) is 4.97. The van der Waals surface area contributed by atoms with E-state index in [1.54, 1.807) is 12.1 Å². The van der Waals surface area contributed by atoms with Gasteiger partial charge in [0.2, 0.25) is 0 Å².